The number of para-hydroxylation sites is 1. The molecule has 0 heterocycles. The monoisotopic (exact) mass is 238 g/mol. The first-order valence-corrected chi connectivity index (χ1v) is 5.81. The number of nitrogens with one attached hydrogen (secondary N) is 1. The average molecular weight is 238 g/mol. The summed E-state index contributed by atoms with van der Waals surface area (Å²) in [6.45, 7) is 4.70. The molecule has 0 saturated carbocycles. The third-order valence-corrected chi connectivity index (χ3v) is 2.58. The van der Waals surface area contributed by atoms with Crippen LogP contribution in [-0.4, -0.2) is 26.8 Å². The molecule has 0 aliphatic carbocycles. The van der Waals surface area contributed by atoms with E-state index in [9.17, 15) is 0 Å². The fourth-order valence-electron chi connectivity index (χ4n) is 1.87. The van der Waals surface area contributed by atoms with Crippen molar-refractivity contribution in [3.05, 3.63) is 23.8 Å². The summed E-state index contributed by atoms with van der Waals surface area (Å²) in [5.74, 6) is 1.48. The van der Waals surface area contributed by atoms with Gasteiger partial charge in [-0.25, -0.2) is 0 Å². The molecule has 0 aromatic heterocycles. The van der Waals surface area contributed by atoms with Crippen LogP contribution in [0.3, 0.4) is 0 Å². The first-order valence-electron chi connectivity index (χ1n) is 5.81. The first-order chi connectivity index (χ1) is 8.13. The lowest BCUT2D eigenvalue weighted by atomic mass is 10.0. The minimum absolute atomic E-state index is 0.0695. The van der Waals surface area contributed by atoms with Gasteiger partial charge in [-0.3, -0.25) is 0 Å². The maximum Gasteiger partial charge on any atom is 0.165 e. The predicted octanol–water partition coefficient (Wildman–Crippen LogP) is 1.70. The molecular formula is C13H22N2O2. The predicted molar refractivity (Wildman–Crippen MR) is 69.6 cm³/mol. The Morgan fingerprint density at radius 2 is 1.94 bits per heavy atom. The topological polar surface area (TPSA) is 56.5 Å². The lowest BCUT2D eigenvalue weighted by molar-refractivity contribution is 0.345. The third kappa shape index (κ3) is 3.35. The molecular weight excluding hydrogens is 216 g/mol. The van der Waals surface area contributed by atoms with E-state index in [1.807, 2.05) is 18.2 Å². The number of hydrogen-bond acceptors (Lipinski definition) is 4. The Kier molecular flexibility index (Phi) is 5.25. The van der Waals surface area contributed by atoms with Gasteiger partial charge >= 0.3 is 0 Å². The van der Waals surface area contributed by atoms with Crippen molar-refractivity contribution in [2.24, 2.45) is 5.73 Å². The minimum Gasteiger partial charge on any atom is -0.493 e. The SMILES string of the molecule is COc1cccc(C(CN)NC(C)C)c1OC. The van der Waals surface area contributed by atoms with Gasteiger partial charge in [0.05, 0.1) is 14.2 Å². The number of ether oxygens (including phenoxy) is 2. The molecule has 3 N–H and O–H groups in total. The van der Waals surface area contributed by atoms with E-state index in [1.54, 1.807) is 14.2 Å². The number of benzene rings is 1. The van der Waals surface area contributed by atoms with Crippen molar-refractivity contribution in [1.82, 2.24) is 5.32 Å². The van der Waals surface area contributed by atoms with Gasteiger partial charge in [-0.15, -0.1) is 0 Å². The third-order valence-electron chi connectivity index (χ3n) is 2.58. The van der Waals surface area contributed by atoms with E-state index in [1.165, 1.54) is 0 Å². The van der Waals surface area contributed by atoms with Crippen LogP contribution in [0.15, 0.2) is 18.2 Å². The molecule has 0 aliphatic rings. The zero-order chi connectivity index (χ0) is 12.8. The molecule has 4 heteroatoms. The van der Waals surface area contributed by atoms with Crippen molar-refractivity contribution in [2.45, 2.75) is 25.9 Å². The van der Waals surface area contributed by atoms with E-state index < -0.39 is 0 Å². The molecule has 0 fully saturated rings. The van der Waals surface area contributed by atoms with E-state index in [4.69, 9.17) is 15.2 Å². The van der Waals surface area contributed by atoms with Crippen LogP contribution in [0.1, 0.15) is 25.5 Å². The second-order valence-corrected chi connectivity index (χ2v) is 4.19. The van der Waals surface area contributed by atoms with Gasteiger partial charge in [0.25, 0.3) is 0 Å². The summed E-state index contributed by atoms with van der Waals surface area (Å²) >= 11 is 0. The van der Waals surface area contributed by atoms with Crippen LogP contribution in [-0.2, 0) is 0 Å². The summed E-state index contributed by atoms with van der Waals surface area (Å²) in [5, 5.41) is 3.41. The molecule has 0 amide bonds. The zero-order valence-electron chi connectivity index (χ0n) is 11.0. The molecule has 1 aromatic carbocycles. The van der Waals surface area contributed by atoms with Crippen LogP contribution < -0.4 is 20.5 Å². The number of methoxy groups -OCH3 is 2. The summed E-state index contributed by atoms with van der Waals surface area (Å²) in [7, 11) is 3.28. The standard InChI is InChI=1S/C13H22N2O2/c1-9(2)15-11(8-14)10-6-5-7-12(16-3)13(10)17-4/h5-7,9,11,15H,8,14H2,1-4H3. The van der Waals surface area contributed by atoms with Crippen LogP contribution in [0, 0.1) is 0 Å². The molecule has 0 spiro atoms. The summed E-state index contributed by atoms with van der Waals surface area (Å²) < 4.78 is 10.7. The van der Waals surface area contributed by atoms with Crippen LogP contribution in [0.5, 0.6) is 11.5 Å². The number of hydrogen-bond donors (Lipinski definition) is 2. The van der Waals surface area contributed by atoms with Crippen molar-refractivity contribution in [2.75, 3.05) is 20.8 Å². The van der Waals surface area contributed by atoms with Gasteiger partial charge in [-0.1, -0.05) is 26.0 Å². The van der Waals surface area contributed by atoms with Gasteiger partial charge in [0.1, 0.15) is 0 Å². The second kappa shape index (κ2) is 6.47. The fraction of sp³-hybridized carbons (Fsp3) is 0.538. The lowest BCUT2D eigenvalue weighted by Crippen LogP contribution is -2.33. The van der Waals surface area contributed by atoms with E-state index in [-0.39, 0.29) is 6.04 Å². The smallest absolute Gasteiger partial charge is 0.165 e. The molecule has 1 unspecified atom stereocenters. The molecule has 1 rings (SSSR count). The summed E-state index contributed by atoms with van der Waals surface area (Å²) in [4.78, 5) is 0. The van der Waals surface area contributed by atoms with Gasteiger partial charge in [0.15, 0.2) is 11.5 Å². The van der Waals surface area contributed by atoms with Gasteiger partial charge in [-0.2, -0.15) is 0 Å². The highest BCUT2D eigenvalue weighted by atomic mass is 16.5. The zero-order valence-corrected chi connectivity index (χ0v) is 11.0. The van der Waals surface area contributed by atoms with Crippen molar-refractivity contribution in [3.8, 4) is 11.5 Å². The van der Waals surface area contributed by atoms with Crippen molar-refractivity contribution >= 4 is 0 Å². The first kappa shape index (κ1) is 13.8. The van der Waals surface area contributed by atoms with Gasteiger partial charge in [-0.05, 0) is 6.07 Å². The highest BCUT2D eigenvalue weighted by molar-refractivity contribution is 5.48. The Balaban J connectivity index is 3.09. The maximum atomic E-state index is 5.81. The summed E-state index contributed by atoms with van der Waals surface area (Å²) in [6, 6.07) is 6.26. The van der Waals surface area contributed by atoms with E-state index in [0.29, 0.717) is 12.6 Å². The molecule has 1 atom stereocenters. The molecule has 0 bridgehead atoms. The van der Waals surface area contributed by atoms with Crippen LogP contribution >= 0.6 is 0 Å². The van der Waals surface area contributed by atoms with Gasteiger partial charge < -0.3 is 20.5 Å². The largest absolute Gasteiger partial charge is 0.493 e. The summed E-state index contributed by atoms with van der Waals surface area (Å²) in [5.41, 5.74) is 6.84. The lowest BCUT2D eigenvalue weighted by Gasteiger charge is -2.23. The molecule has 1 aromatic rings. The molecule has 0 radical (unpaired) electrons. The Hall–Kier alpha value is -1.26. The Labute approximate surface area is 103 Å². The molecule has 96 valence electrons. The Bertz CT molecular complexity index is 353. The van der Waals surface area contributed by atoms with Gasteiger partial charge in [0, 0.05) is 24.2 Å². The van der Waals surface area contributed by atoms with Gasteiger partial charge in [0.2, 0.25) is 0 Å². The Morgan fingerprint density at radius 1 is 1.24 bits per heavy atom. The summed E-state index contributed by atoms with van der Waals surface area (Å²) in [6.07, 6.45) is 0. The molecule has 0 saturated heterocycles. The van der Waals surface area contributed by atoms with Crippen LogP contribution in [0.25, 0.3) is 0 Å². The fourth-order valence-corrected chi connectivity index (χ4v) is 1.87. The van der Waals surface area contributed by atoms with E-state index >= 15 is 0 Å². The van der Waals surface area contributed by atoms with Crippen LogP contribution in [0.2, 0.25) is 0 Å². The molecule has 4 nitrogen and oxygen atoms in total. The maximum absolute atomic E-state index is 5.81. The van der Waals surface area contributed by atoms with Crippen molar-refractivity contribution in [3.63, 3.8) is 0 Å². The Morgan fingerprint density at radius 3 is 2.41 bits per heavy atom. The normalized spacial score (nSPS) is 12.6. The highest BCUT2D eigenvalue weighted by Crippen LogP contribution is 2.34. The number of rotatable bonds is 6. The molecule has 17 heavy (non-hydrogen) atoms. The quantitative estimate of drug-likeness (QED) is 0.792. The number of nitrogens with two attached hydrogens (primary N) is 1. The molecule has 0 aliphatic heterocycles. The minimum atomic E-state index is 0.0695. The average Bonchev–Trinajstić information content (AvgIpc) is 2.34. The van der Waals surface area contributed by atoms with Crippen molar-refractivity contribution < 1.29 is 9.47 Å². The van der Waals surface area contributed by atoms with Crippen LogP contribution in [0.4, 0.5) is 0 Å². The second-order valence-electron chi connectivity index (χ2n) is 4.19. The van der Waals surface area contributed by atoms with Crippen molar-refractivity contribution in [1.29, 1.82) is 0 Å². The van der Waals surface area contributed by atoms with E-state index in [2.05, 4.69) is 19.2 Å². The highest BCUT2D eigenvalue weighted by Gasteiger charge is 2.18. The van der Waals surface area contributed by atoms with E-state index in [0.717, 1.165) is 17.1 Å².